The molecule has 0 unspecified atom stereocenters. The first-order valence-electron chi connectivity index (χ1n) is 9.68. The quantitative estimate of drug-likeness (QED) is 0.675. The summed E-state index contributed by atoms with van der Waals surface area (Å²) in [6.07, 6.45) is 0. The summed E-state index contributed by atoms with van der Waals surface area (Å²) in [6.45, 7) is 5.70. The van der Waals surface area contributed by atoms with Gasteiger partial charge in [-0.3, -0.25) is 24.2 Å². The van der Waals surface area contributed by atoms with Gasteiger partial charge in [0, 0.05) is 11.6 Å². The zero-order valence-corrected chi connectivity index (χ0v) is 17.3. The highest BCUT2D eigenvalue weighted by Crippen LogP contribution is 2.27. The second kappa shape index (κ2) is 9.20. The smallest absolute Gasteiger partial charge is 0.262 e. The summed E-state index contributed by atoms with van der Waals surface area (Å²) in [5, 5.41) is 3.50. The fourth-order valence-corrected chi connectivity index (χ4v) is 3.90. The van der Waals surface area contributed by atoms with E-state index in [0.29, 0.717) is 22.7 Å². The van der Waals surface area contributed by atoms with Crippen molar-refractivity contribution in [1.82, 2.24) is 15.1 Å². The van der Waals surface area contributed by atoms with E-state index in [2.05, 4.69) is 10.2 Å². The second-order valence-corrected chi connectivity index (χ2v) is 7.21. The predicted molar refractivity (Wildman–Crippen MR) is 112 cm³/mol. The van der Waals surface area contributed by atoms with Crippen molar-refractivity contribution in [1.29, 1.82) is 0 Å². The molecule has 2 aromatic carbocycles. The summed E-state index contributed by atoms with van der Waals surface area (Å²) >= 11 is 6.38. The number of hydrogen-bond acceptors (Lipinski definition) is 4. The minimum Gasteiger partial charge on any atom is -0.353 e. The summed E-state index contributed by atoms with van der Waals surface area (Å²) < 4.78 is 0. The maximum Gasteiger partial charge on any atom is 0.262 e. The van der Waals surface area contributed by atoms with E-state index in [1.54, 1.807) is 24.3 Å². The van der Waals surface area contributed by atoms with Crippen LogP contribution in [-0.4, -0.2) is 53.7 Å². The third-order valence-corrected chi connectivity index (χ3v) is 5.53. The normalized spacial score (nSPS) is 14.3. The molecule has 6 nitrogen and oxygen atoms in total. The molecule has 3 amide bonds. The summed E-state index contributed by atoms with van der Waals surface area (Å²) in [5.41, 5.74) is 1.60. The van der Waals surface area contributed by atoms with E-state index >= 15 is 0 Å². The van der Waals surface area contributed by atoms with Gasteiger partial charge in [-0.05, 0) is 36.9 Å². The highest BCUT2D eigenvalue weighted by atomic mass is 35.5. The molecule has 0 aliphatic carbocycles. The number of imide groups is 1. The number of rotatable bonds is 8. The maximum atomic E-state index is 12.6. The lowest BCUT2D eigenvalue weighted by atomic mass is 10.0. The van der Waals surface area contributed by atoms with Gasteiger partial charge in [-0.15, -0.1) is 0 Å². The summed E-state index contributed by atoms with van der Waals surface area (Å²) in [5.74, 6) is -1.26. The Bertz CT molecular complexity index is 892. The first kappa shape index (κ1) is 21.0. The highest BCUT2D eigenvalue weighted by molar-refractivity contribution is 6.31. The van der Waals surface area contributed by atoms with Gasteiger partial charge in [-0.25, -0.2) is 0 Å². The number of carbonyl (C=O) groups is 3. The van der Waals surface area contributed by atoms with Crippen LogP contribution in [-0.2, 0) is 4.79 Å². The van der Waals surface area contributed by atoms with Crippen LogP contribution in [0.15, 0.2) is 48.5 Å². The first-order chi connectivity index (χ1) is 14.0. The number of halogens is 1. The molecule has 1 N–H and O–H groups in total. The molecule has 3 rings (SSSR count). The molecule has 0 spiro atoms. The van der Waals surface area contributed by atoms with Gasteiger partial charge < -0.3 is 5.32 Å². The Kier molecular flexibility index (Phi) is 6.67. The standard InChI is InChI=1S/C22H24ClN3O3/c1-3-25(4-2)19(17-11-7-8-12-18(17)23)13-24-20(27)14-26-21(28)15-9-5-6-10-16(15)22(26)29/h5-12,19H,3-4,13-14H2,1-2H3,(H,24,27)/t19-/m0/s1. The van der Waals surface area contributed by atoms with Crippen LogP contribution in [0.2, 0.25) is 5.02 Å². The highest BCUT2D eigenvalue weighted by Gasteiger charge is 2.36. The molecule has 0 radical (unpaired) electrons. The van der Waals surface area contributed by atoms with Crippen molar-refractivity contribution in [2.45, 2.75) is 19.9 Å². The van der Waals surface area contributed by atoms with Crippen LogP contribution in [0.3, 0.4) is 0 Å². The molecule has 1 atom stereocenters. The van der Waals surface area contributed by atoms with Crippen LogP contribution < -0.4 is 5.32 Å². The van der Waals surface area contributed by atoms with Gasteiger partial charge in [0.1, 0.15) is 6.54 Å². The SMILES string of the molecule is CCN(CC)[C@@H](CNC(=O)CN1C(=O)c2ccccc2C1=O)c1ccccc1Cl. The summed E-state index contributed by atoms with van der Waals surface area (Å²) in [4.78, 5) is 40.6. The van der Waals surface area contributed by atoms with Crippen molar-refractivity contribution in [3.05, 3.63) is 70.2 Å². The van der Waals surface area contributed by atoms with Gasteiger partial charge >= 0.3 is 0 Å². The molecule has 2 aromatic rings. The number of nitrogens with zero attached hydrogens (tertiary/aromatic N) is 2. The van der Waals surface area contributed by atoms with E-state index in [0.717, 1.165) is 23.6 Å². The number of fused-ring (bicyclic) bond motifs is 1. The van der Waals surface area contributed by atoms with Crippen molar-refractivity contribution >= 4 is 29.3 Å². The molecule has 1 aliphatic rings. The monoisotopic (exact) mass is 413 g/mol. The van der Waals surface area contributed by atoms with Gasteiger partial charge in [-0.1, -0.05) is 55.8 Å². The fraction of sp³-hybridized carbons (Fsp3) is 0.318. The van der Waals surface area contributed by atoms with Gasteiger partial charge in [0.25, 0.3) is 11.8 Å². The van der Waals surface area contributed by atoms with Crippen molar-refractivity contribution in [3.63, 3.8) is 0 Å². The zero-order valence-electron chi connectivity index (χ0n) is 16.5. The minimum atomic E-state index is -0.438. The fourth-order valence-electron chi connectivity index (χ4n) is 3.64. The summed E-state index contributed by atoms with van der Waals surface area (Å²) in [6, 6.07) is 14.0. The van der Waals surface area contributed by atoms with Crippen LogP contribution in [0.5, 0.6) is 0 Å². The van der Waals surface area contributed by atoms with Crippen LogP contribution >= 0.6 is 11.6 Å². The zero-order chi connectivity index (χ0) is 21.0. The molecule has 1 heterocycles. The Hall–Kier alpha value is -2.70. The molecule has 0 saturated carbocycles. The molecule has 0 aromatic heterocycles. The number of benzene rings is 2. The molecule has 0 fully saturated rings. The van der Waals surface area contributed by atoms with E-state index in [1.807, 2.05) is 38.1 Å². The Labute approximate surface area is 175 Å². The van der Waals surface area contributed by atoms with Crippen LogP contribution in [0.1, 0.15) is 46.2 Å². The first-order valence-corrected chi connectivity index (χ1v) is 10.1. The average Bonchev–Trinajstić information content (AvgIpc) is 2.97. The molecular weight excluding hydrogens is 390 g/mol. The topological polar surface area (TPSA) is 69.7 Å². The third-order valence-electron chi connectivity index (χ3n) is 5.19. The van der Waals surface area contributed by atoms with Gasteiger partial charge in [0.2, 0.25) is 5.91 Å². The van der Waals surface area contributed by atoms with E-state index in [-0.39, 0.29) is 18.5 Å². The molecule has 0 saturated heterocycles. The Morgan fingerprint density at radius 1 is 1.00 bits per heavy atom. The number of likely N-dealkylation sites (N-methyl/N-ethyl adjacent to an activating group) is 1. The van der Waals surface area contributed by atoms with Crippen LogP contribution in [0.25, 0.3) is 0 Å². The van der Waals surface area contributed by atoms with Gasteiger partial charge in [0.15, 0.2) is 0 Å². The third kappa shape index (κ3) is 4.33. The van der Waals surface area contributed by atoms with Crippen molar-refractivity contribution < 1.29 is 14.4 Å². The number of amides is 3. The van der Waals surface area contributed by atoms with Crippen LogP contribution in [0.4, 0.5) is 0 Å². The minimum absolute atomic E-state index is 0.107. The lowest BCUT2D eigenvalue weighted by molar-refractivity contribution is -0.121. The van der Waals surface area contributed by atoms with E-state index in [9.17, 15) is 14.4 Å². The summed E-state index contributed by atoms with van der Waals surface area (Å²) in [7, 11) is 0. The molecule has 1 aliphatic heterocycles. The second-order valence-electron chi connectivity index (χ2n) is 6.80. The van der Waals surface area contributed by atoms with E-state index in [1.165, 1.54) is 0 Å². The lowest BCUT2D eigenvalue weighted by Gasteiger charge is -2.31. The molecular formula is C22H24ClN3O3. The van der Waals surface area contributed by atoms with E-state index in [4.69, 9.17) is 11.6 Å². The Balaban J connectivity index is 1.69. The largest absolute Gasteiger partial charge is 0.353 e. The number of hydrogen-bond donors (Lipinski definition) is 1. The van der Waals surface area contributed by atoms with Crippen LogP contribution in [0, 0.1) is 0 Å². The molecule has 152 valence electrons. The maximum absolute atomic E-state index is 12.6. The molecule has 0 bridgehead atoms. The number of carbonyl (C=O) groups excluding carboxylic acids is 3. The average molecular weight is 414 g/mol. The predicted octanol–water partition coefficient (Wildman–Crippen LogP) is 3.14. The Morgan fingerprint density at radius 2 is 1.55 bits per heavy atom. The van der Waals surface area contributed by atoms with Gasteiger partial charge in [-0.2, -0.15) is 0 Å². The molecule has 7 heteroatoms. The lowest BCUT2D eigenvalue weighted by Crippen LogP contribution is -2.43. The number of nitrogens with one attached hydrogen (secondary N) is 1. The van der Waals surface area contributed by atoms with Crippen molar-refractivity contribution in [2.75, 3.05) is 26.2 Å². The van der Waals surface area contributed by atoms with Crippen molar-refractivity contribution in [2.24, 2.45) is 0 Å². The van der Waals surface area contributed by atoms with Gasteiger partial charge in [0.05, 0.1) is 17.2 Å². The van der Waals surface area contributed by atoms with Crippen molar-refractivity contribution in [3.8, 4) is 0 Å². The molecule has 29 heavy (non-hydrogen) atoms. The van der Waals surface area contributed by atoms with E-state index < -0.39 is 11.8 Å². The Morgan fingerprint density at radius 3 is 2.10 bits per heavy atom.